The molecule has 6 nitrogen and oxygen atoms in total. The van der Waals surface area contributed by atoms with Crippen LogP contribution in [0.3, 0.4) is 0 Å². The molecule has 0 bridgehead atoms. The molecule has 0 radical (unpaired) electrons. The molecule has 0 saturated carbocycles. The van der Waals surface area contributed by atoms with Gasteiger partial charge in [0.25, 0.3) is 5.91 Å². The highest BCUT2D eigenvalue weighted by atomic mass is 35.5. The van der Waals surface area contributed by atoms with Crippen LogP contribution in [0, 0.1) is 5.92 Å². The molecular weight excluding hydrogens is 364 g/mol. The van der Waals surface area contributed by atoms with Crippen LogP contribution in [0.2, 0.25) is 5.02 Å². The number of fused-ring (bicyclic) bond motifs is 1. The maximum absolute atomic E-state index is 12.5. The van der Waals surface area contributed by atoms with Crippen LogP contribution >= 0.6 is 11.6 Å². The lowest BCUT2D eigenvalue weighted by atomic mass is 10.0. The lowest BCUT2D eigenvalue weighted by Crippen LogP contribution is -2.32. The van der Waals surface area contributed by atoms with Crippen LogP contribution in [0.25, 0.3) is 22.6 Å². The van der Waals surface area contributed by atoms with Crippen LogP contribution < -0.4 is 5.32 Å². The highest BCUT2D eigenvalue weighted by molar-refractivity contribution is 6.33. The Morgan fingerprint density at radius 1 is 1.33 bits per heavy atom. The zero-order chi connectivity index (χ0) is 18.8. The van der Waals surface area contributed by atoms with Gasteiger partial charge in [0.2, 0.25) is 0 Å². The Labute approximate surface area is 162 Å². The first-order chi connectivity index (χ1) is 13.1. The number of nitrogens with zero attached hydrogens (tertiary/aromatic N) is 3. The molecule has 1 aromatic carbocycles. The Kier molecular flexibility index (Phi) is 5.09. The molecule has 1 fully saturated rings. The smallest absolute Gasteiger partial charge is 0.252 e. The van der Waals surface area contributed by atoms with Crippen molar-refractivity contribution in [3.63, 3.8) is 0 Å². The van der Waals surface area contributed by atoms with Crippen molar-refractivity contribution in [2.24, 2.45) is 13.0 Å². The van der Waals surface area contributed by atoms with E-state index in [-0.39, 0.29) is 5.91 Å². The number of benzene rings is 1. The van der Waals surface area contributed by atoms with Crippen LogP contribution in [-0.2, 0) is 11.8 Å². The van der Waals surface area contributed by atoms with Gasteiger partial charge in [-0.1, -0.05) is 23.7 Å². The number of carbonyl (C=O) groups excluding carboxylic acids is 1. The van der Waals surface area contributed by atoms with E-state index in [2.05, 4.69) is 15.3 Å². The summed E-state index contributed by atoms with van der Waals surface area (Å²) in [6.07, 6.45) is 3.57. The van der Waals surface area contributed by atoms with E-state index >= 15 is 0 Å². The number of hydrogen-bond donors (Lipinski definition) is 1. The topological polar surface area (TPSA) is 69.0 Å². The Hall–Kier alpha value is -2.44. The summed E-state index contributed by atoms with van der Waals surface area (Å²) in [6.45, 7) is 2.20. The molecule has 0 spiro atoms. The van der Waals surface area contributed by atoms with Crippen molar-refractivity contribution in [1.82, 2.24) is 19.9 Å². The SMILES string of the molecule is Cn1c(-c2ccccc2Cl)nc2cc(C(=O)NCC3CCOCC3)cnc21. The van der Waals surface area contributed by atoms with Crippen molar-refractivity contribution >= 4 is 28.7 Å². The maximum atomic E-state index is 12.5. The number of nitrogens with one attached hydrogen (secondary N) is 1. The number of carbonyl (C=O) groups is 1. The molecule has 0 unspecified atom stereocenters. The largest absolute Gasteiger partial charge is 0.381 e. The average molecular weight is 385 g/mol. The molecule has 1 amide bonds. The molecule has 1 aliphatic rings. The number of pyridine rings is 1. The van der Waals surface area contributed by atoms with Crippen LogP contribution in [0.5, 0.6) is 0 Å². The fourth-order valence-electron chi connectivity index (χ4n) is 3.37. The second kappa shape index (κ2) is 7.66. The van der Waals surface area contributed by atoms with Gasteiger partial charge in [0.1, 0.15) is 11.3 Å². The second-order valence-electron chi connectivity index (χ2n) is 6.81. The Balaban J connectivity index is 1.57. The molecule has 27 heavy (non-hydrogen) atoms. The van der Waals surface area contributed by atoms with Gasteiger partial charge in [0, 0.05) is 38.6 Å². The summed E-state index contributed by atoms with van der Waals surface area (Å²) in [6, 6.07) is 9.34. The van der Waals surface area contributed by atoms with Gasteiger partial charge >= 0.3 is 0 Å². The number of halogens is 1. The van der Waals surface area contributed by atoms with E-state index in [0.29, 0.717) is 34.2 Å². The molecule has 1 saturated heterocycles. The Morgan fingerprint density at radius 2 is 2.11 bits per heavy atom. The summed E-state index contributed by atoms with van der Waals surface area (Å²) in [7, 11) is 1.89. The van der Waals surface area contributed by atoms with E-state index < -0.39 is 0 Å². The quantitative estimate of drug-likeness (QED) is 0.748. The Morgan fingerprint density at radius 3 is 2.89 bits per heavy atom. The molecular formula is C20H21ClN4O2. The molecule has 7 heteroatoms. The van der Waals surface area contributed by atoms with Gasteiger partial charge in [-0.25, -0.2) is 9.97 Å². The summed E-state index contributed by atoms with van der Waals surface area (Å²) >= 11 is 6.31. The van der Waals surface area contributed by atoms with Gasteiger partial charge in [-0.2, -0.15) is 0 Å². The minimum absolute atomic E-state index is 0.124. The van der Waals surface area contributed by atoms with Gasteiger partial charge in [0.15, 0.2) is 5.65 Å². The molecule has 3 heterocycles. The van der Waals surface area contributed by atoms with Gasteiger partial charge in [0.05, 0.1) is 10.6 Å². The predicted molar refractivity (Wildman–Crippen MR) is 105 cm³/mol. The van der Waals surface area contributed by atoms with E-state index in [0.717, 1.165) is 37.4 Å². The summed E-state index contributed by atoms with van der Waals surface area (Å²) in [5, 5.41) is 3.64. The summed E-state index contributed by atoms with van der Waals surface area (Å²) in [4.78, 5) is 21.6. The standard InChI is InChI=1S/C20H21ClN4O2/c1-25-18(15-4-2-3-5-16(15)21)24-17-10-14(12-22-19(17)25)20(26)23-11-13-6-8-27-9-7-13/h2-5,10,12-13H,6-9,11H2,1H3,(H,23,26). The van der Waals surface area contributed by atoms with Crippen molar-refractivity contribution in [3.05, 3.63) is 47.1 Å². The highest BCUT2D eigenvalue weighted by Crippen LogP contribution is 2.28. The number of aromatic nitrogens is 3. The molecule has 140 valence electrons. The van der Waals surface area contributed by atoms with Crippen molar-refractivity contribution in [3.8, 4) is 11.4 Å². The summed E-state index contributed by atoms with van der Waals surface area (Å²) in [5.74, 6) is 1.07. The Bertz CT molecular complexity index is 979. The molecule has 4 rings (SSSR count). The third-order valence-corrected chi connectivity index (χ3v) is 5.31. The van der Waals surface area contributed by atoms with E-state index in [9.17, 15) is 4.79 Å². The fraction of sp³-hybridized carbons (Fsp3) is 0.350. The number of hydrogen-bond acceptors (Lipinski definition) is 4. The lowest BCUT2D eigenvalue weighted by Gasteiger charge is -2.22. The van der Waals surface area contributed by atoms with Crippen molar-refractivity contribution < 1.29 is 9.53 Å². The number of aryl methyl sites for hydroxylation is 1. The monoisotopic (exact) mass is 384 g/mol. The fourth-order valence-corrected chi connectivity index (χ4v) is 3.59. The van der Waals surface area contributed by atoms with Crippen molar-refractivity contribution in [2.75, 3.05) is 19.8 Å². The van der Waals surface area contributed by atoms with Crippen LogP contribution in [0.15, 0.2) is 36.5 Å². The van der Waals surface area contributed by atoms with E-state index in [1.165, 1.54) is 0 Å². The molecule has 0 aliphatic carbocycles. The first kappa shape index (κ1) is 17.9. The third-order valence-electron chi connectivity index (χ3n) is 4.98. The molecule has 3 aromatic rings. The van der Waals surface area contributed by atoms with E-state index in [1.54, 1.807) is 12.3 Å². The van der Waals surface area contributed by atoms with E-state index in [1.807, 2.05) is 35.9 Å². The van der Waals surface area contributed by atoms with Gasteiger partial charge < -0.3 is 14.6 Å². The normalized spacial score (nSPS) is 15.2. The first-order valence-electron chi connectivity index (χ1n) is 9.07. The van der Waals surface area contributed by atoms with Crippen LogP contribution in [0.1, 0.15) is 23.2 Å². The van der Waals surface area contributed by atoms with Gasteiger partial charge in [-0.05, 0) is 37.0 Å². The number of imidazole rings is 1. The molecule has 1 N–H and O–H groups in total. The third kappa shape index (κ3) is 3.68. The number of amides is 1. The van der Waals surface area contributed by atoms with E-state index in [4.69, 9.17) is 16.3 Å². The minimum Gasteiger partial charge on any atom is -0.381 e. The van der Waals surface area contributed by atoms with Crippen LogP contribution in [0.4, 0.5) is 0 Å². The van der Waals surface area contributed by atoms with Crippen molar-refractivity contribution in [1.29, 1.82) is 0 Å². The summed E-state index contributed by atoms with van der Waals surface area (Å²) < 4.78 is 7.24. The maximum Gasteiger partial charge on any atom is 0.252 e. The molecule has 1 aliphatic heterocycles. The molecule has 2 aromatic heterocycles. The zero-order valence-corrected chi connectivity index (χ0v) is 15.9. The van der Waals surface area contributed by atoms with Crippen molar-refractivity contribution in [2.45, 2.75) is 12.8 Å². The average Bonchev–Trinajstić information content (AvgIpc) is 3.03. The lowest BCUT2D eigenvalue weighted by molar-refractivity contribution is 0.0642. The number of ether oxygens (including phenoxy) is 1. The van der Waals surface area contributed by atoms with Gasteiger partial charge in [-0.15, -0.1) is 0 Å². The predicted octanol–water partition coefficient (Wildman–Crippen LogP) is 3.45. The second-order valence-corrected chi connectivity index (χ2v) is 7.21. The first-order valence-corrected chi connectivity index (χ1v) is 9.44. The highest BCUT2D eigenvalue weighted by Gasteiger charge is 2.18. The molecule has 0 atom stereocenters. The minimum atomic E-state index is -0.124. The zero-order valence-electron chi connectivity index (χ0n) is 15.1. The summed E-state index contributed by atoms with van der Waals surface area (Å²) in [5.41, 5.74) is 2.74. The van der Waals surface area contributed by atoms with Crippen LogP contribution in [-0.4, -0.2) is 40.2 Å². The number of rotatable bonds is 4. The van der Waals surface area contributed by atoms with Gasteiger partial charge in [-0.3, -0.25) is 4.79 Å².